The van der Waals surface area contributed by atoms with Gasteiger partial charge in [-0.15, -0.1) is 11.3 Å². The number of nitrogens with two attached hydrogens (primary N) is 1. The van der Waals surface area contributed by atoms with E-state index in [2.05, 4.69) is 4.98 Å². The predicted molar refractivity (Wildman–Crippen MR) is 76.0 cm³/mol. The number of nitrogens with zero attached hydrogens (tertiary/aromatic N) is 1. The maximum Gasteiger partial charge on any atom is 0.284 e. The van der Waals surface area contributed by atoms with Gasteiger partial charge < -0.3 is 5.73 Å². The van der Waals surface area contributed by atoms with Crippen molar-refractivity contribution in [3.8, 4) is 0 Å². The maximum atomic E-state index is 12.0. The Kier molecular flexibility index (Phi) is 4.48. The largest absolute Gasteiger partial charge is 0.330 e. The minimum atomic E-state index is -3.87. The monoisotopic (exact) mass is 311 g/mol. The van der Waals surface area contributed by atoms with Gasteiger partial charge in [0.25, 0.3) is 15.9 Å². The molecule has 0 atom stereocenters. The number of benzene rings is 1. The van der Waals surface area contributed by atoms with E-state index in [9.17, 15) is 13.2 Å². The second-order valence-electron chi connectivity index (χ2n) is 3.91. The molecule has 1 heterocycles. The summed E-state index contributed by atoms with van der Waals surface area (Å²) in [5, 5.41) is 2.22. The van der Waals surface area contributed by atoms with Crippen molar-refractivity contribution in [2.45, 2.75) is 11.3 Å². The van der Waals surface area contributed by atoms with E-state index in [1.807, 2.05) is 4.72 Å². The fraction of sp³-hybridized carbons (Fsp3) is 0.167. The van der Waals surface area contributed by atoms with Gasteiger partial charge in [0.05, 0.1) is 9.90 Å². The molecule has 0 aliphatic carbocycles. The molecule has 8 heteroatoms. The van der Waals surface area contributed by atoms with Crippen LogP contribution in [0.3, 0.4) is 0 Å². The van der Waals surface area contributed by atoms with Gasteiger partial charge in [-0.05, 0) is 18.7 Å². The summed E-state index contributed by atoms with van der Waals surface area (Å²) in [5.74, 6) is -0.742. The lowest BCUT2D eigenvalue weighted by Crippen LogP contribution is -2.30. The molecule has 0 spiro atoms. The van der Waals surface area contributed by atoms with E-state index in [4.69, 9.17) is 5.73 Å². The Morgan fingerprint density at radius 1 is 1.30 bits per heavy atom. The third kappa shape index (κ3) is 3.41. The van der Waals surface area contributed by atoms with Gasteiger partial charge in [-0.25, -0.2) is 18.1 Å². The molecule has 1 aromatic heterocycles. The molecule has 2 rings (SSSR count). The summed E-state index contributed by atoms with van der Waals surface area (Å²) < 4.78 is 25.9. The zero-order valence-corrected chi connectivity index (χ0v) is 12.1. The SMILES string of the molecule is NCCc1nc(C(=O)NS(=O)(=O)c2ccccc2)cs1. The topological polar surface area (TPSA) is 102 Å². The number of sulfonamides is 1. The van der Waals surface area contributed by atoms with Crippen molar-refractivity contribution in [3.63, 3.8) is 0 Å². The van der Waals surface area contributed by atoms with Gasteiger partial charge in [-0.3, -0.25) is 4.79 Å². The van der Waals surface area contributed by atoms with E-state index in [1.54, 1.807) is 18.2 Å². The molecule has 0 radical (unpaired) electrons. The number of hydrogen-bond acceptors (Lipinski definition) is 6. The van der Waals surface area contributed by atoms with Crippen LogP contribution in [0.25, 0.3) is 0 Å². The highest BCUT2D eigenvalue weighted by atomic mass is 32.2. The molecule has 0 unspecified atom stereocenters. The highest BCUT2D eigenvalue weighted by Crippen LogP contribution is 2.12. The Labute approximate surface area is 120 Å². The number of carbonyl (C=O) groups excluding carboxylic acids is 1. The van der Waals surface area contributed by atoms with Crippen LogP contribution >= 0.6 is 11.3 Å². The van der Waals surface area contributed by atoms with Gasteiger partial charge in [-0.1, -0.05) is 18.2 Å². The number of aromatic nitrogens is 1. The first kappa shape index (κ1) is 14.6. The maximum absolute atomic E-state index is 12.0. The van der Waals surface area contributed by atoms with E-state index in [-0.39, 0.29) is 10.6 Å². The number of hydrogen-bond donors (Lipinski definition) is 2. The lowest BCUT2D eigenvalue weighted by molar-refractivity contribution is 0.0977. The highest BCUT2D eigenvalue weighted by molar-refractivity contribution is 7.90. The van der Waals surface area contributed by atoms with E-state index >= 15 is 0 Å². The number of carbonyl (C=O) groups is 1. The van der Waals surface area contributed by atoms with Gasteiger partial charge in [0.15, 0.2) is 0 Å². The molecule has 0 bridgehead atoms. The Morgan fingerprint density at radius 2 is 2.00 bits per heavy atom. The Balaban J connectivity index is 2.14. The second-order valence-corrected chi connectivity index (χ2v) is 6.54. The third-order valence-electron chi connectivity index (χ3n) is 2.42. The van der Waals surface area contributed by atoms with Crippen molar-refractivity contribution in [2.75, 3.05) is 6.54 Å². The molecule has 0 aliphatic rings. The number of rotatable bonds is 5. The van der Waals surface area contributed by atoms with E-state index in [0.717, 1.165) is 0 Å². The number of nitrogens with one attached hydrogen (secondary N) is 1. The van der Waals surface area contributed by atoms with Crippen molar-refractivity contribution in [2.24, 2.45) is 5.73 Å². The first-order chi connectivity index (χ1) is 9.53. The Hall–Kier alpha value is -1.77. The zero-order chi connectivity index (χ0) is 14.6. The average molecular weight is 311 g/mol. The van der Waals surface area contributed by atoms with Crippen molar-refractivity contribution in [3.05, 3.63) is 46.4 Å². The zero-order valence-electron chi connectivity index (χ0n) is 10.4. The summed E-state index contributed by atoms with van der Waals surface area (Å²) in [6.07, 6.45) is 0.559. The molecular weight excluding hydrogens is 298 g/mol. The smallest absolute Gasteiger partial charge is 0.284 e. The van der Waals surface area contributed by atoms with Crippen LogP contribution in [0.5, 0.6) is 0 Å². The van der Waals surface area contributed by atoms with Crippen molar-refractivity contribution < 1.29 is 13.2 Å². The summed E-state index contributed by atoms with van der Waals surface area (Å²) in [6, 6.07) is 7.69. The molecule has 106 valence electrons. The summed E-state index contributed by atoms with van der Waals surface area (Å²) in [5.41, 5.74) is 5.48. The lowest BCUT2D eigenvalue weighted by Gasteiger charge is -2.04. The molecule has 2 aromatic rings. The van der Waals surface area contributed by atoms with Crippen molar-refractivity contribution in [1.29, 1.82) is 0 Å². The first-order valence-corrected chi connectivity index (χ1v) is 8.16. The van der Waals surface area contributed by atoms with Gasteiger partial charge in [0.1, 0.15) is 5.69 Å². The van der Waals surface area contributed by atoms with Crippen LogP contribution in [0, 0.1) is 0 Å². The Morgan fingerprint density at radius 3 is 2.65 bits per heavy atom. The minimum Gasteiger partial charge on any atom is -0.330 e. The molecular formula is C12H13N3O3S2. The molecule has 20 heavy (non-hydrogen) atoms. The summed E-state index contributed by atoms with van der Waals surface area (Å²) in [4.78, 5) is 15.9. The highest BCUT2D eigenvalue weighted by Gasteiger charge is 2.20. The van der Waals surface area contributed by atoms with Crippen LogP contribution in [0.1, 0.15) is 15.5 Å². The second kappa shape index (κ2) is 6.12. The normalized spacial score (nSPS) is 11.2. The summed E-state index contributed by atoms with van der Waals surface area (Å²) >= 11 is 1.28. The van der Waals surface area contributed by atoms with E-state index < -0.39 is 15.9 Å². The fourth-order valence-corrected chi connectivity index (χ4v) is 3.26. The van der Waals surface area contributed by atoms with Crippen LogP contribution in [0.4, 0.5) is 0 Å². The van der Waals surface area contributed by atoms with Crippen LogP contribution in [-0.2, 0) is 16.4 Å². The molecule has 0 fully saturated rings. The molecule has 6 nitrogen and oxygen atoms in total. The lowest BCUT2D eigenvalue weighted by atomic mass is 10.4. The molecule has 0 aliphatic heterocycles. The Bertz CT molecular complexity index is 696. The predicted octanol–water partition coefficient (Wildman–Crippen LogP) is 0.763. The number of amides is 1. The standard InChI is InChI=1S/C12H13N3O3S2/c13-7-6-11-14-10(8-19-11)12(16)15-20(17,18)9-4-2-1-3-5-9/h1-5,8H,6-7,13H2,(H,15,16). The minimum absolute atomic E-state index is 0.0331. The number of thiazole rings is 1. The van der Waals surface area contributed by atoms with Gasteiger partial charge in [-0.2, -0.15) is 0 Å². The van der Waals surface area contributed by atoms with Crippen LogP contribution < -0.4 is 10.5 Å². The third-order valence-corrected chi connectivity index (χ3v) is 4.68. The first-order valence-electron chi connectivity index (χ1n) is 5.79. The van der Waals surface area contributed by atoms with E-state index in [1.165, 1.54) is 28.8 Å². The quantitative estimate of drug-likeness (QED) is 0.849. The summed E-state index contributed by atoms with van der Waals surface area (Å²) in [6.45, 7) is 0.427. The van der Waals surface area contributed by atoms with Crippen molar-refractivity contribution in [1.82, 2.24) is 9.71 Å². The van der Waals surface area contributed by atoms with Gasteiger partial charge in [0.2, 0.25) is 0 Å². The summed E-state index contributed by atoms with van der Waals surface area (Å²) in [7, 11) is -3.87. The van der Waals surface area contributed by atoms with Gasteiger partial charge >= 0.3 is 0 Å². The van der Waals surface area contributed by atoms with Crippen LogP contribution in [0.15, 0.2) is 40.6 Å². The van der Waals surface area contributed by atoms with E-state index in [0.29, 0.717) is 18.0 Å². The molecule has 0 saturated carbocycles. The molecule has 1 aromatic carbocycles. The fourth-order valence-electron chi connectivity index (χ4n) is 1.49. The average Bonchev–Trinajstić information content (AvgIpc) is 2.88. The van der Waals surface area contributed by atoms with Gasteiger partial charge in [0, 0.05) is 11.8 Å². The van der Waals surface area contributed by atoms with Crippen LogP contribution in [-0.4, -0.2) is 25.9 Å². The van der Waals surface area contributed by atoms with Crippen LogP contribution in [0.2, 0.25) is 0 Å². The van der Waals surface area contributed by atoms with Crippen molar-refractivity contribution >= 4 is 27.3 Å². The molecule has 1 amide bonds. The molecule has 0 saturated heterocycles. The molecule has 3 N–H and O–H groups in total.